The fourth-order valence-electron chi connectivity index (χ4n) is 3.97. The highest BCUT2D eigenvalue weighted by molar-refractivity contribution is 6.19. The van der Waals surface area contributed by atoms with E-state index in [-0.39, 0.29) is 11.6 Å². The number of aliphatic imine (C=N–C) groups is 1. The predicted octanol–water partition coefficient (Wildman–Crippen LogP) is 3.91. The maximum atomic E-state index is 12.3. The Hall–Kier alpha value is -3.08. The number of anilines is 1. The van der Waals surface area contributed by atoms with Gasteiger partial charge in [-0.3, -0.25) is 9.79 Å². The normalized spacial score (nSPS) is 22.5. The average molecular weight is 389 g/mol. The van der Waals surface area contributed by atoms with Crippen LogP contribution in [0.4, 0.5) is 5.69 Å². The summed E-state index contributed by atoms with van der Waals surface area (Å²) in [5.41, 5.74) is 13.8. The number of nitrogens with zero attached hydrogens (tertiary/aromatic N) is 3. The van der Waals surface area contributed by atoms with Gasteiger partial charge in [0.2, 0.25) is 0 Å². The lowest BCUT2D eigenvalue weighted by Crippen LogP contribution is -2.26. The second kappa shape index (κ2) is 7.07. The molecular weight excluding hydrogens is 360 g/mol. The standard InChI is InChI=1S/C24H28N4O/c1-14-6-8-18(9-7-14)23-21(16(3)25)22(26-19-10-11-19)17(4)28(23)20-12-15(2)24(29)27(5)13-20/h6-9,12-13,19,23H,4,10-11,25H2,1-3,5H3. The molecule has 1 aliphatic carbocycles. The van der Waals surface area contributed by atoms with Crippen molar-refractivity contribution in [1.82, 2.24) is 4.57 Å². The van der Waals surface area contributed by atoms with Crippen LogP contribution in [0.5, 0.6) is 0 Å². The Kier molecular flexibility index (Phi) is 4.69. The van der Waals surface area contributed by atoms with Gasteiger partial charge in [-0.05, 0) is 45.2 Å². The van der Waals surface area contributed by atoms with Gasteiger partial charge in [-0.1, -0.05) is 36.4 Å². The molecule has 1 atom stereocenters. The van der Waals surface area contributed by atoms with Gasteiger partial charge < -0.3 is 15.2 Å². The first kappa shape index (κ1) is 19.2. The number of aromatic nitrogens is 1. The summed E-state index contributed by atoms with van der Waals surface area (Å²) in [7, 11) is 1.78. The Morgan fingerprint density at radius 1 is 1.21 bits per heavy atom. The maximum absolute atomic E-state index is 12.3. The number of aryl methyl sites for hydroxylation is 3. The van der Waals surface area contributed by atoms with Crippen LogP contribution in [0.25, 0.3) is 0 Å². The molecule has 4 rings (SSSR count). The fourth-order valence-corrected chi connectivity index (χ4v) is 3.97. The molecule has 1 saturated carbocycles. The van der Waals surface area contributed by atoms with Crippen LogP contribution in [-0.2, 0) is 7.05 Å². The Bertz CT molecular complexity index is 1070. The molecule has 0 radical (unpaired) electrons. The van der Waals surface area contributed by atoms with Crippen molar-refractivity contribution < 1.29 is 0 Å². The molecule has 1 aromatic carbocycles. The summed E-state index contributed by atoms with van der Waals surface area (Å²) in [6.07, 6.45) is 4.09. The highest BCUT2D eigenvalue weighted by Gasteiger charge is 2.41. The van der Waals surface area contributed by atoms with E-state index in [2.05, 4.69) is 42.7 Å². The van der Waals surface area contributed by atoms with Crippen LogP contribution in [-0.4, -0.2) is 16.3 Å². The molecule has 150 valence electrons. The van der Waals surface area contributed by atoms with Gasteiger partial charge in [-0.2, -0.15) is 0 Å². The Morgan fingerprint density at radius 2 is 1.86 bits per heavy atom. The lowest BCUT2D eigenvalue weighted by atomic mass is 9.96. The van der Waals surface area contributed by atoms with E-state index in [4.69, 9.17) is 10.7 Å². The first-order valence-corrected chi connectivity index (χ1v) is 10.0. The van der Waals surface area contributed by atoms with Gasteiger partial charge in [0.25, 0.3) is 5.56 Å². The number of nitrogens with two attached hydrogens (primary N) is 1. The quantitative estimate of drug-likeness (QED) is 0.867. The number of benzene rings is 1. The van der Waals surface area contributed by atoms with Gasteiger partial charge in [-0.15, -0.1) is 0 Å². The number of pyridine rings is 1. The predicted molar refractivity (Wildman–Crippen MR) is 119 cm³/mol. The molecule has 0 spiro atoms. The highest BCUT2D eigenvalue weighted by atomic mass is 16.1. The first-order valence-electron chi connectivity index (χ1n) is 10.0. The third-order valence-corrected chi connectivity index (χ3v) is 5.65. The van der Waals surface area contributed by atoms with Crippen molar-refractivity contribution in [2.45, 2.75) is 45.7 Å². The zero-order chi connectivity index (χ0) is 20.9. The van der Waals surface area contributed by atoms with Crippen LogP contribution in [0.3, 0.4) is 0 Å². The second-order valence-corrected chi connectivity index (χ2v) is 8.23. The number of hydrogen-bond donors (Lipinski definition) is 1. The lowest BCUT2D eigenvalue weighted by Gasteiger charge is -2.28. The molecule has 29 heavy (non-hydrogen) atoms. The number of hydrogen-bond acceptors (Lipinski definition) is 4. The SMILES string of the molecule is C=C1C(=NC2CC2)C(=C(C)N)C(c2ccc(C)cc2)N1c1cc(C)c(=O)n(C)c1. The molecule has 1 aliphatic heterocycles. The smallest absolute Gasteiger partial charge is 0.253 e. The third kappa shape index (κ3) is 3.41. The van der Waals surface area contributed by atoms with Gasteiger partial charge in [0.15, 0.2) is 0 Å². The van der Waals surface area contributed by atoms with Gasteiger partial charge >= 0.3 is 0 Å². The van der Waals surface area contributed by atoms with Gasteiger partial charge in [0.05, 0.1) is 29.2 Å². The van der Waals surface area contributed by atoms with Crippen molar-refractivity contribution in [2.75, 3.05) is 4.90 Å². The Morgan fingerprint density at radius 3 is 2.41 bits per heavy atom. The fraction of sp³-hybridized carbons (Fsp3) is 0.333. The van der Waals surface area contributed by atoms with Crippen molar-refractivity contribution in [3.63, 3.8) is 0 Å². The minimum Gasteiger partial charge on any atom is -0.402 e. The molecule has 2 fully saturated rings. The number of rotatable bonds is 3. The molecule has 5 heteroatoms. The molecule has 0 amide bonds. The summed E-state index contributed by atoms with van der Waals surface area (Å²) >= 11 is 0. The van der Waals surface area contributed by atoms with Crippen molar-refractivity contribution in [3.05, 3.63) is 87.1 Å². The van der Waals surface area contributed by atoms with E-state index in [0.717, 1.165) is 46.8 Å². The Labute approximate surface area is 171 Å². The van der Waals surface area contributed by atoms with E-state index in [1.807, 2.05) is 26.1 Å². The van der Waals surface area contributed by atoms with E-state index in [0.29, 0.717) is 11.6 Å². The lowest BCUT2D eigenvalue weighted by molar-refractivity contribution is 0.799. The summed E-state index contributed by atoms with van der Waals surface area (Å²) in [4.78, 5) is 19.4. The van der Waals surface area contributed by atoms with Crippen LogP contribution in [0.15, 0.2) is 69.9 Å². The minimum absolute atomic E-state index is 0.00286. The minimum atomic E-state index is -0.123. The van der Waals surface area contributed by atoms with Crippen molar-refractivity contribution in [1.29, 1.82) is 0 Å². The molecule has 2 heterocycles. The van der Waals surface area contributed by atoms with Crippen LogP contribution in [0.2, 0.25) is 0 Å². The molecule has 2 aromatic rings. The topological polar surface area (TPSA) is 63.6 Å². The second-order valence-electron chi connectivity index (χ2n) is 8.23. The summed E-state index contributed by atoms with van der Waals surface area (Å²) in [5, 5.41) is 0. The van der Waals surface area contributed by atoms with Gasteiger partial charge in [-0.25, -0.2) is 0 Å². The zero-order valence-corrected chi connectivity index (χ0v) is 17.6. The van der Waals surface area contributed by atoms with Gasteiger partial charge in [0, 0.05) is 30.1 Å². The van der Waals surface area contributed by atoms with Crippen LogP contribution < -0.4 is 16.2 Å². The molecule has 1 saturated heterocycles. The van der Waals surface area contributed by atoms with E-state index >= 15 is 0 Å². The Balaban J connectivity index is 1.95. The molecule has 2 N–H and O–H groups in total. The van der Waals surface area contributed by atoms with E-state index < -0.39 is 0 Å². The van der Waals surface area contributed by atoms with Gasteiger partial charge in [0.1, 0.15) is 0 Å². The zero-order valence-electron chi connectivity index (χ0n) is 17.6. The van der Waals surface area contributed by atoms with Crippen molar-refractivity contribution >= 4 is 11.4 Å². The highest BCUT2D eigenvalue weighted by Crippen LogP contribution is 2.45. The summed E-state index contributed by atoms with van der Waals surface area (Å²) in [5.74, 6) is 0. The summed E-state index contributed by atoms with van der Waals surface area (Å²) in [6.45, 7) is 10.3. The summed E-state index contributed by atoms with van der Waals surface area (Å²) in [6, 6.07) is 10.7. The van der Waals surface area contributed by atoms with Crippen LogP contribution in [0, 0.1) is 13.8 Å². The first-order chi connectivity index (χ1) is 13.8. The molecular formula is C24H28N4O. The van der Waals surface area contributed by atoms with E-state index in [1.54, 1.807) is 11.6 Å². The third-order valence-electron chi connectivity index (χ3n) is 5.65. The van der Waals surface area contributed by atoms with Crippen LogP contribution >= 0.6 is 0 Å². The van der Waals surface area contributed by atoms with E-state index in [1.165, 1.54) is 5.56 Å². The summed E-state index contributed by atoms with van der Waals surface area (Å²) < 4.78 is 1.62. The van der Waals surface area contributed by atoms with Crippen molar-refractivity contribution in [2.24, 2.45) is 17.8 Å². The molecule has 1 aromatic heterocycles. The monoisotopic (exact) mass is 388 g/mol. The average Bonchev–Trinajstić information content (AvgIpc) is 3.44. The van der Waals surface area contributed by atoms with Crippen molar-refractivity contribution in [3.8, 4) is 0 Å². The molecule has 2 aliphatic rings. The molecule has 0 bridgehead atoms. The maximum Gasteiger partial charge on any atom is 0.253 e. The largest absolute Gasteiger partial charge is 0.402 e. The van der Waals surface area contributed by atoms with Crippen LogP contribution in [0.1, 0.15) is 42.5 Å². The molecule has 1 unspecified atom stereocenters. The number of allylic oxidation sites excluding steroid dienone is 2. The van der Waals surface area contributed by atoms with E-state index in [9.17, 15) is 4.79 Å². The molecule has 5 nitrogen and oxygen atoms in total.